The highest BCUT2D eigenvalue weighted by atomic mass is 19.1. The van der Waals surface area contributed by atoms with E-state index in [0.717, 1.165) is 12.8 Å². The monoisotopic (exact) mass is 269 g/mol. The molecule has 0 saturated heterocycles. The van der Waals surface area contributed by atoms with Crippen LogP contribution in [0.15, 0.2) is 24.3 Å². The van der Waals surface area contributed by atoms with Crippen LogP contribution in [-0.2, 0) is 0 Å². The number of nitrogens with two attached hydrogens (primary N) is 1. The molecule has 0 unspecified atom stereocenters. The Morgan fingerprint density at radius 3 is 2.85 bits per heavy atom. The van der Waals surface area contributed by atoms with E-state index < -0.39 is 5.82 Å². The van der Waals surface area contributed by atoms with Crippen molar-refractivity contribution in [1.29, 1.82) is 5.26 Å². The Kier molecular flexibility index (Phi) is 2.95. The molecule has 1 aromatic heterocycles. The number of hydrogen-bond acceptors (Lipinski definition) is 5. The summed E-state index contributed by atoms with van der Waals surface area (Å²) in [6, 6.07) is 7.80. The van der Waals surface area contributed by atoms with E-state index in [9.17, 15) is 4.39 Å². The Bertz CT molecular complexity index is 703. The minimum atomic E-state index is -0.568. The van der Waals surface area contributed by atoms with Gasteiger partial charge in [0.05, 0.1) is 5.69 Å². The number of benzene rings is 1. The highest BCUT2D eigenvalue weighted by Gasteiger charge is 2.27. The smallest absolute Gasteiger partial charge is 0.143 e. The number of nitriles is 1. The molecule has 0 bridgehead atoms. The Morgan fingerprint density at radius 1 is 1.35 bits per heavy atom. The first-order valence-corrected chi connectivity index (χ1v) is 6.27. The number of aromatic nitrogens is 2. The van der Waals surface area contributed by atoms with Gasteiger partial charge in [-0.3, -0.25) is 0 Å². The van der Waals surface area contributed by atoms with Gasteiger partial charge in [-0.1, -0.05) is 6.07 Å². The predicted molar refractivity (Wildman–Crippen MR) is 72.8 cm³/mol. The van der Waals surface area contributed by atoms with Crippen molar-refractivity contribution in [2.45, 2.75) is 18.8 Å². The van der Waals surface area contributed by atoms with Gasteiger partial charge in [0.2, 0.25) is 0 Å². The summed E-state index contributed by atoms with van der Waals surface area (Å²) in [5, 5.41) is 11.9. The van der Waals surface area contributed by atoms with Crippen LogP contribution in [-0.4, -0.2) is 9.97 Å². The molecular formula is C14H12FN5. The molecule has 3 rings (SSSR count). The van der Waals surface area contributed by atoms with Crippen molar-refractivity contribution in [2.75, 3.05) is 11.1 Å². The van der Waals surface area contributed by atoms with Crippen molar-refractivity contribution in [1.82, 2.24) is 9.97 Å². The van der Waals surface area contributed by atoms with Gasteiger partial charge in [0.1, 0.15) is 34.9 Å². The molecule has 1 saturated carbocycles. The van der Waals surface area contributed by atoms with Gasteiger partial charge in [-0.25, -0.2) is 14.4 Å². The van der Waals surface area contributed by atoms with Gasteiger partial charge < -0.3 is 11.1 Å². The number of nitrogens with one attached hydrogen (secondary N) is 1. The van der Waals surface area contributed by atoms with Crippen LogP contribution in [0.25, 0.3) is 0 Å². The molecule has 0 radical (unpaired) electrons. The number of anilines is 3. The van der Waals surface area contributed by atoms with Gasteiger partial charge in [0.25, 0.3) is 0 Å². The maximum Gasteiger partial charge on any atom is 0.143 e. The maximum atomic E-state index is 13.5. The fourth-order valence-corrected chi connectivity index (χ4v) is 1.95. The third-order valence-electron chi connectivity index (χ3n) is 3.09. The first kappa shape index (κ1) is 12.4. The van der Waals surface area contributed by atoms with Gasteiger partial charge in [0, 0.05) is 12.0 Å². The fourth-order valence-electron chi connectivity index (χ4n) is 1.95. The molecule has 6 heteroatoms. The van der Waals surface area contributed by atoms with Gasteiger partial charge >= 0.3 is 0 Å². The Labute approximate surface area is 115 Å². The first-order chi connectivity index (χ1) is 9.67. The van der Waals surface area contributed by atoms with E-state index in [2.05, 4.69) is 15.3 Å². The second kappa shape index (κ2) is 4.78. The summed E-state index contributed by atoms with van der Waals surface area (Å²) in [6.45, 7) is 0. The van der Waals surface area contributed by atoms with Crippen molar-refractivity contribution in [3.63, 3.8) is 0 Å². The Hall–Kier alpha value is -2.68. The predicted octanol–water partition coefficient (Wildman–Crippen LogP) is 2.69. The normalized spacial score (nSPS) is 13.8. The van der Waals surface area contributed by atoms with Crippen LogP contribution in [0.2, 0.25) is 0 Å². The molecule has 100 valence electrons. The van der Waals surface area contributed by atoms with Gasteiger partial charge in [0.15, 0.2) is 0 Å². The van der Waals surface area contributed by atoms with Crippen LogP contribution >= 0.6 is 0 Å². The standard InChI is InChI=1S/C14H12FN5/c15-10-2-1-3-11(9(10)7-16)18-13-6-12(17)19-14(20-13)8-4-5-8/h1-3,6,8H,4-5H2,(H3,17,18,19,20). The number of nitrogen functional groups attached to an aromatic ring is 1. The van der Waals surface area contributed by atoms with Crippen LogP contribution in [0.3, 0.4) is 0 Å². The zero-order valence-electron chi connectivity index (χ0n) is 10.6. The molecule has 0 atom stereocenters. The summed E-state index contributed by atoms with van der Waals surface area (Å²) in [5.41, 5.74) is 6.07. The van der Waals surface area contributed by atoms with E-state index in [-0.39, 0.29) is 5.56 Å². The molecule has 1 heterocycles. The van der Waals surface area contributed by atoms with E-state index in [1.54, 1.807) is 12.1 Å². The molecule has 20 heavy (non-hydrogen) atoms. The van der Waals surface area contributed by atoms with Crippen molar-refractivity contribution >= 4 is 17.3 Å². The van der Waals surface area contributed by atoms with Crippen molar-refractivity contribution in [2.24, 2.45) is 0 Å². The van der Waals surface area contributed by atoms with E-state index >= 15 is 0 Å². The van der Waals surface area contributed by atoms with Crippen molar-refractivity contribution in [3.05, 3.63) is 41.5 Å². The first-order valence-electron chi connectivity index (χ1n) is 6.27. The van der Waals surface area contributed by atoms with Crippen LogP contribution in [0.4, 0.5) is 21.7 Å². The molecule has 5 nitrogen and oxygen atoms in total. The molecule has 1 aliphatic carbocycles. The second-order valence-electron chi connectivity index (χ2n) is 4.71. The molecule has 0 amide bonds. The number of halogens is 1. The van der Waals surface area contributed by atoms with E-state index in [4.69, 9.17) is 11.0 Å². The zero-order valence-corrected chi connectivity index (χ0v) is 10.6. The number of rotatable bonds is 3. The van der Waals surface area contributed by atoms with Crippen molar-refractivity contribution in [3.8, 4) is 6.07 Å². The molecule has 3 N–H and O–H groups in total. The number of hydrogen-bond donors (Lipinski definition) is 2. The Balaban J connectivity index is 1.95. The highest BCUT2D eigenvalue weighted by Crippen LogP contribution is 2.38. The summed E-state index contributed by atoms with van der Waals surface area (Å²) < 4.78 is 13.5. The number of nitrogens with zero attached hydrogens (tertiary/aromatic N) is 3. The van der Waals surface area contributed by atoms with Gasteiger partial charge in [-0.15, -0.1) is 0 Å². The largest absolute Gasteiger partial charge is 0.384 e. The SMILES string of the molecule is N#Cc1c(F)cccc1Nc1cc(N)nc(C2CC2)n1. The summed E-state index contributed by atoms with van der Waals surface area (Å²) >= 11 is 0. The molecule has 1 fully saturated rings. The average Bonchev–Trinajstić information content (AvgIpc) is 3.22. The molecule has 1 aromatic carbocycles. The lowest BCUT2D eigenvalue weighted by atomic mass is 10.2. The molecule has 0 spiro atoms. The van der Waals surface area contributed by atoms with Crippen LogP contribution in [0.5, 0.6) is 0 Å². The van der Waals surface area contributed by atoms with Gasteiger partial charge in [-0.05, 0) is 25.0 Å². The lowest BCUT2D eigenvalue weighted by Crippen LogP contribution is -2.04. The Morgan fingerprint density at radius 2 is 2.15 bits per heavy atom. The lowest BCUT2D eigenvalue weighted by Gasteiger charge is -2.09. The van der Waals surface area contributed by atoms with Crippen molar-refractivity contribution < 1.29 is 4.39 Å². The summed E-state index contributed by atoms with van der Waals surface area (Å²) in [5.74, 6) is 1.33. The van der Waals surface area contributed by atoms with E-state index in [1.807, 2.05) is 6.07 Å². The topological polar surface area (TPSA) is 87.6 Å². The van der Waals surface area contributed by atoms with Crippen LogP contribution in [0.1, 0.15) is 30.1 Å². The molecular weight excluding hydrogens is 257 g/mol. The second-order valence-corrected chi connectivity index (χ2v) is 4.71. The molecule has 1 aliphatic rings. The fraction of sp³-hybridized carbons (Fsp3) is 0.214. The highest BCUT2D eigenvalue weighted by molar-refractivity contribution is 5.65. The summed E-state index contributed by atoms with van der Waals surface area (Å²) in [4.78, 5) is 8.55. The minimum absolute atomic E-state index is 0.0438. The summed E-state index contributed by atoms with van der Waals surface area (Å²) in [6.07, 6.45) is 2.12. The lowest BCUT2D eigenvalue weighted by molar-refractivity contribution is 0.624. The summed E-state index contributed by atoms with van der Waals surface area (Å²) in [7, 11) is 0. The average molecular weight is 269 g/mol. The van der Waals surface area contributed by atoms with E-state index in [1.165, 1.54) is 12.1 Å². The van der Waals surface area contributed by atoms with Crippen LogP contribution < -0.4 is 11.1 Å². The molecule has 2 aromatic rings. The minimum Gasteiger partial charge on any atom is -0.384 e. The zero-order chi connectivity index (χ0) is 14.1. The molecule has 0 aliphatic heterocycles. The van der Waals surface area contributed by atoms with E-state index in [0.29, 0.717) is 29.1 Å². The van der Waals surface area contributed by atoms with Gasteiger partial charge in [-0.2, -0.15) is 5.26 Å². The van der Waals surface area contributed by atoms with Crippen LogP contribution in [0, 0.1) is 17.1 Å². The quantitative estimate of drug-likeness (QED) is 0.894. The third-order valence-corrected chi connectivity index (χ3v) is 3.09. The third kappa shape index (κ3) is 2.38. The maximum absolute atomic E-state index is 13.5.